The van der Waals surface area contributed by atoms with Crippen LogP contribution in [0.25, 0.3) is 0 Å². The molecule has 170 valence electrons. The second-order valence-electron chi connectivity index (χ2n) is 6.11. The maximum absolute atomic E-state index is 12.0. The van der Waals surface area contributed by atoms with E-state index >= 15 is 0 Å². The molecule has 0 aromatic carbocycles. The van der Waals surface area contributed by atoms with E-state index in [0.29, 0.717) is 0 Å². The molecule has 0 saturated heterocycles. The number of rotatable bonds is 7. The lowest BCUT2D eigenvalue weighted by molar-refractivity contribution is -0.137. The number of nitrogens with zero attached hydrogens (tertiary/aromatic N) is 2. The van der Waals surface area contributed by atoms with Crippen LogP contribution in [0.2, 0.25) is 0 Å². The maximum atomic E-state index is 12.0. The summed E-state index contributed by atoms with van der Waals surface area (Å²) in [5.41, 5.74) is 5.07. The topological polar surface area (TPSA) is 212 Å². The molecule has 0 aliphatic rings. The summed E-state index contributed by atoms with van der Waals surface area (Å²) in [6.07, 6.45) is 4.59. The first kappa shape index (κ1) is 25.8. The van der Waals surface area contributed by atoms with Gasteiger partial charge in [-0.05, 0) is 26.0 Å². The highest BCUT2D eigenvalue weighted by atomic mass is 16.6. The molecule has 2 aromatic rings. The molecule has 0 fully saturated rings. The molecular weight excluding hydrogens is 422 g/mol. The average molecular weight is 445 g/mol. The second-order valence-corrected chi connectivity index (χ2v) is 6.11. The second kappa shape index (κ2) is 13.1. The lowest BCUT2D eigenvalue weighted by Gasteiger charge is -2.09. The molecule has 0 spiro atoms. The summed E-state index contributed by atoms with van der Waals surface area (Å²) < 4.78 is 9.50. The van der Waals surface area contributed by atoms with Crippen LogP contribution in [0.4, 0.5) is 11.4 Å². The number of nitrogens with one attached hydrogen (secondary N) is 3. The number of pyridine rings is 2. The first-order chi connectivity index (χ1) is 15.2. The maximum Gasteiger partial charge on any atom is 0.349 e. The zero-order valence-electron chi connectivity index (χ0n) is 17.4. The van der Waals surface area contributed by atoms with E-state index in [2.05, 4.69) is 25.6 Å². The van der Waals surface area contributed by atoms with Crippen molar-refractivity contribution in [3.8, 4) is 0 Å². The number of anilines is 2. The standard InChI is InChI=1S/C16H17N7O5.C3H6O/c17-13(27-15(25)9-7-20-5-3-11(9)22-18)1-2-14(24)28-16(26)10-8-21-6-4-12(10)23-19;1-3(2)4/h3-8,17H,1-2,18-19H2,(H,20,22)(H,21,23);1-2H3. The van der Waals surface area contributed by atoms with Crippen LogP contribution in [0.1, 0.15) is 47.4 Å². The quantitative estimate of drug-likeness (QED) is 0.101. The van der Waals surface area contributed by atoms with Crippen molar-refractivity contribution in [1.82, 2.24) is 9.97 Å². The molecule has 7 N–H and O–H groups in total. The van der Waals surface area contributed by atoms with Crippen LogP contribution in [0, 0.1) is 5.41 Å². The van der Waals surface area contributed by atoms with Gasteiger partial charge >= 0.3 is 17.9 Å². The molecule has 13 heteroatoms. The molecule has 32 heavy (non-hydrogen) atoms. The van der Waals surface area contributed by atoms with E-state index < -0.39 is 23.8 Å². The number of esters is 3. The minimum absolute atomic E-state index is 0.0193. The Hall–Kier alpha value is -4.23. The number of carbonyl (C=O) groups excluding carboxylic acids is 4. The SMILES string of the molecule is CC(C)=O.N=C(CCC(=O)OC(=O)c1cnccc1NN)OC(=O)c1cnccc1NN. The van der Waals surface area contributed by atoms with Crippen molar-refractivity contribution in [1.29, 1.82) is 5.41 Å². The van der Waals surface area contributed by atoms with Crippen molar-refractivity contribution in [3.63, 3.8) is 0 Å². The fraction of sp³-hybridized carbons (Fsp3) is 0.211. The monoisotopic (exact) mass is 445 g/mol. The summed E-state index contributed by atoms with van der Waals surface area (Å²) in [5.74, 6) is 7.49. The predicted molar refractivity (Wildman–Crippen MR) is 113 cm³/mol. The Kier molecular flexibility index (Phi) is 10.6. The highest BCUT2D eigenvalue weighted by Gasteiger charge is 2.19. The molecule has 0 bridgehead atoms. The van der Waals surface area contributed by atoms with Crippen LogP contribution < -0.4 is 22.5 Å². The molecule has 0 unspecified atom stereocenters. The van der Waals surface area contributed by atoms with Crippen LogP contribution in [0.15, 0.2) is 36.9 Å². The van der Waals surface area contributed by atoms with Crippen LogP contribution in [0.3, 0.4) is 0 Å². The summed E-state index contributed by atoms with van der Waals surface area (Å²) in [4.78, 5) is 52.8. The van der Waals surface area contributed by atoms with Crippen LogP contribution in [0.5, 0.6) is 0 Å². The van der Waals surface area contributed by atoms with Crippen molar-refractivity contribution >= 4 is 41.0 Å². The average Bonchev–Trinajstić information content (AvgIpc) is 2.77. The molecule has 0 atom stereocenters. The van der Waals surface area contributed by atoms with Gasteiger partial charge in [-0.25, -0.2) is 9.59 Å². The number of nitrogens with two attached hydrogens (primary N) is 2. The molecule has 2 rings (SSSR count). The highest BCUT2D eigenvalue weighted by molar-refractivity contribution is 6.03. The molecule has 0 saturated carbocycles. The van der Waals surface area contributed by atoms with E-state index in [1.54, 1.807) is 0 Å². The van der Waals surface area contributed by atoms with Crippen molar-refractivity contribution in [2.45, 2.75) is 26.7 Å². The number of carbonyl (C=O) groups is 4. The Morgan fingerprint density at radius 1 is 0.875 bits per heavy atom. The van der Waals surface area contributed by atoms with Gasteiger partial charge in [0.05, 0.1) is 17.8 Å². The number of hydrogen-bond donors (Lipinski definition) is 5. The lowest BCUT2D eigenvalue weighted by Crippen LogP contribution is -2.19. The lowest BCUT2D eigenvalue weighted by atomic mass is 10.2. The van der Waals surface area contributed by atoms with E-state index in [-0.39, 0.29) is 41.1 Å². The van der Waals surface area contributed by atoms with Gasteiger partial charge in [0.15, 0.2) is 5.90 Å². The van der Waals surface area contributed by atoms with E-state index in [4.69, 9.17) is 21.8 Å². The fourth-order valence-electron chi connectivity index (χ4n) is 2.01. The van der Waals surface area contributed by atoms with Gasteiger partial charge in [-0.15, -0.1) is 0 Å². The molecule has 0 radical (unpaired) electrons. The fourth-order valence-corrected chi connectivity index (χ4v) is 2.01. The largest absolute Gasteiger partial charge is 0.408 e. The van der Waals surface area contributed by atoms with Gasteiger partial charge in [-0.1, -0.05) is 0 Å². The Morgan fingerprint density at radius 2 is 1.31 bits per heavy atom. The number of nitrogen functional groups attached to an aromatic ring is 2. The summed E-state index contributed by atoms with van der Waals surface area (Å²) in [5, 5.41) is 7.66. The Labute approximate surface area is 182 Å². The number of hydrogen-bond acceptors (Lipinski definition) is 13. The van der Waals surface area contributed by atoms with Crippen molar-refractivity contribution < 1.29 is 28.7 Å². The predicted octanol–water partition coefficient (Wildman–Crippen LogP) is 0.941. The number of ether oxygens (including phenoxy) is 2. The molecular formula is C19H23N7O6. The first-order valence-corrected chi connectivity index (χ1v) is 9.02. The minimum Gasteiger partial charge on any atom is -0.408 e. The van der Waals surface area contributed by atoms with Gasteiger partial charge in [0.2, 0.25) is 0 Å². The number of aromatic nitrogens is 2. The molecule has 2 aromatic heterocycles. The van der Waals surface area contributed by atoms with Crippen molar-refractivity contribution in [3.05, 3.63) is 48.0 Å². The summed E-state index contributed by atoms with van der Waals surface area (Å²) in [6, 6.07) is 2.88. The normalized spacial score (nSPS) is 9.50. The van der Waals surface area contributed by atoms with Gasteiger partial charge in [-0.3, -0.25) is 31.9 Å². The third-order valence-corrected chi connectivity index (χ3v) is 3.37. The molecule has 0 amide bonds. The Bertz CT molecular complexity index is 918. The summed E-state index contributed by atoms with van der Waals surface area (Å²) >= 11 is 0. The van der Waals surface area contributed by atoms with Gasteiger partial charge in [-0.2, -0.15) is 0 Å². The molecule has 0 aliphatic carbocycles. The van der Waals surface area contributed by atoms with Crippen molar-refractivity contribution in [2.75, 3.05) is 10.9 Å². The molecule has 13 nitrogen and oxygen atoms in total. The van der Waals surface area contributed by atoms with E-state index in [1.807, 2.05) is 0 Å². The minimum atomic E-state index is -0.955. The van der Waals surface area contributed by atoms with E-state index in [0.717, 1.165) is 0 Å². The van der Waals surface area contributed by atoms with Gasteiger partial charge in [0, 0.05) is 31.2 Å². The van der Waals surface area contributed by atoms with E-state index in [1.165, 1.54) is 50.8 Å². The number of ketones is 1. The Balaban J connectivity index is 0.00000118. The molecule has 2 heterocycles. The van der Waals surface area contributed by atoms with Gasteiger partial charge in [0.25, 0.3) is 0 Å². The first-order valence-electron chi connectivity index (χ1n) is 9.02. The third-order valence-electron chi connectivity index (χ3n) is 3.37. The summed E-state index contributed by atoms with van der Waals surface area (Å²) in [7, 11) is 0. The van der Waals surface area contributed by atoms with Crippen LogP contribution in [-0.4, -0.2) is 39.6 Å². The summed E-state index contributed by atoms with van der Waals surface area (Å²) in [6.45, 7) is 3.06. The van der Waals surface area contributed by atoms with Crippen LogP contribution >= 0.6 is 0 Å². The number of hydrazine groups is 2. The van der Waals surface area contributed by atoms with Gasteiger partial charge in [0.1, 0.15) is 16.9 Å². The number of Topliss-reactive ketones (excluding diaryl/α,β-unsaturated/α-hetero) is 1. The molecule has 0 aliphatic heterocycles. The van der Waals surface area contributed by atoms with Crippen LogP contribution in [-0.2, 0) is 19.1 Å². The Morgan fingerprint density at radius 3 is 1.75 bits per heavy atom. The van der Waals surface area contributed by atoms with Crippen molar-refractivity contribution in [2.24, 2.45) is 11.7 Å². The van der Waals surface area contributed by atoms with Gasteiger partial charge < -0.3 is 25.1 Å². The zero-order chi connectivity index (χ0) is 24.1. The smallest absolute Gasteiger partial charge is 0.349 e. The van der Waals surface area contributed by atoms with E-state index in [9.17, 15) is 19.2 Å². The zero-order valence-corrected chi connectivity index (χ0v) is 17.4. The highest BCUT2D eigenvalue weighted by Crippen LogP contribution is 2.15. The third kappa shape index (κ3) is 8.64.